The number of anilines is 1. The fourth-order valence-corrected chi connectivity index (χ4v) is 4.48. The number of nitrogens with one attached hydrogen (secondary N) is 2. The zero-order chi connectivity index (χ0) is 13.1. The molecule has 3 atom stereocenters. The van der Waals surface area contributed by atoms with Crippen LogP contribution in [0.25, 0.3) is 0 Å². The average molecular weight is 262 g/mol. The van der Waals surface area contributed by atoms with Crippen molar-refractivity contribution in [2.75, 3.05) is 11.9 Å². The van der Waals surface area contributed by atoms with Gasteiger partial charge in [0.2, 0.25) is 0 Å². The third-order valence-electron chi connectivity index (χ3n) is 5.31. The Hall–Kier alpha value is -1.80. The summed E-state index contributed by atoms with van der Waals surface area (Å²) in [6.45, 7) is 2.13. The van der Waals surface area contributed by atoms with Crippen LogP contribution in [0.1, 0.15) is 40.5 Å². The lowest BCUT2D eigenvalue weighted by Gasteiger charge is -2.41. The van der Waals surface area contributed by atoms with E-state index in [1.54, 1.807) is 11.1 Å². The fraction of sp³-hybridized carbons (Fsp3) is 0.333. The van der Waals surface area contributed by atoms with Gasteiger partial charge in [-0.2, -0.15) is 0 Å². The molecule has 2 aliphatic heterocycles. The SMILES string of the molecule is c1ccc2c(c1)CNC1CC3CNc4cccc(c43)C21. The van der Waals surface area contributed by atoms with Crippen LogP contribution in [-0.2, 0) is 6.54 Å². The molecule has 3 unspecified atom stereocenters. The van der Waals surface area contributed by atoms with E-state index in [4.69, 9.17) is 0 Å². The first kappa shape index (κ1) is 10.9. The van der Waals surface area contributed by atoms with Crippen LogP contribution in [0.4, 0.5) is 5.69 Å². The molecule has 20 heavy (non-hydrogen) atoms. The summed E-state index contributed by atoms with van der Waals surface area (Å²) in [5.41, 5.74) is 7.51. The molecule has 2 heterocycles. The van der Waals surface area contributed by atoms with Crippen molar-refractivity contribution < 1.29 is 0 Å². The molecular weight excluding hydrogens is 244 g/mol. The quantitative estimate of drug-likeness (QED) is 0.762. The Morgan fingerprint density at radius 3 is 2.85 bits per heavy atom. The summed E-state index contributed by atoms with van der Waals surface area (Å²) in [5, 5.41) is 7.37. The van der Waals surface area contributed by atoms with Gasteiger partial charge in [-0.1, -0.05) is 36.4 Å². The van der Waals surface area contributed by atoms with Crippen LogP contribution in [0.2, 0.25) is 0 Å². The summed E-state index contributed by atoms with van der Waals surface area (Å²) in [4.78, 5) is 0. The molecule has 3 aliphatic rings. The summed E-state index contributed by atoms with van der Waals surface area (Å²) < 4.78 is 0. The first-order chi connectivity index (χ1) is 9.92. The second kappa shape index (κ2) is 3.86. The van der Waals surface area contributed by atoms with Crippen LogP contribution in [0.5, 0.6) is 0 Å². The normalized spacial score (nSPS) is 29.1. The van der Waals surface area contributed by atoms with Crippen LogP contribution in [0.3, 0.4) is 0 Å². The molecule has 100 valence electrons. The van der Waals surface area contributed by atoms with Crippen molar-refractivity contribution in [3.63, 3.8) is 0 Å². The monoisotopic (exact) mass is 262 g/mol. The number of hydrogen-bond donors (Lipinski definition) is 2. The van der Waals surface area contributed by atoms with E-state index in [1.807, 2.05) is 0 Å². The van der Waals surface area contributed by atoms with E-state index in [0.717, 1.165) is 13.1 Å². The average Bonchev–Trinajstić information content (AvgIpc) is 2.92. The highest BCUT2D eigenvalue weighted by Gasteiger charge is 2.41. The lowest BCUT2D eigenvalue weighted by atomic mass is 9.69. The standard InChI is InChI=1S/C18H18N2/c1-2-5-13-11(4-1)9-20-16-8-12-10-19-15-7-3-6-14(17(12)15)18(13)16/h1-7,12,16,18-20H,8-10H2. The lowest BCUT2D eigenvalue weighted by molar-refractivity contribution is 0.369. The Bertz CT molecular complexity index is 692. The van der Waals surface area contributed by atoms with Crippen LogP contribution >= 0.6 is 0 Å². The van der Waals surface area contributed by atoms with Gasteiger partial charge in [0.05, 0.1) is 0 Å². The van der Waals surface area contributed by atoms with Crippen LogP contribution in [-0.4, -0.2) is 12.6 Å². The highest BCUT2D eigenvalue weighted by molar-refractivity contribution is 5.64. The Balaban J connectivity index is 1.76. The van der Waals surface area contributed by atoms with Crippen molar-refractivity contribution in [2.24, 2.45) is 0 Å². The molecule has 2 heteroatoms. The second-order valence-corrected chi connectivity index (χ2v) is 6.29. The van der Waals surface area contributed by atoms with Crippen molar-refractivity contribution in [2.45, 2.75) is 30.8 Å². The van der Waals surface area contributed by atoms with Crippen molar-refractivity contribution in [1.29, 1.82) is 0 Å². The minimum Gasteiger partial charge on any atom is -0.384 e. The van der Waals surface area contributed by atoms with Gasteiger partial charge in [-0.05, 0) is 34.7 Å². The van der Waals surface area contributed by atoms with E-state index < -0.39 is 0 Å². The van der Waals surface area contributed by atoms with Gasteiger partial charge in [-0.25, -0.2) is 0 Å². The molecule has 2 N–H and O–H groups in total. The van der Waals surface area contributed by atoms with Crippen LogP contribution in [0.15, 0.2) is 42.5 Å². The summed E-state index contributed by atoms with van der Waals surface area (Å²) in [6, 6.07) is 16.3. The maximum Gasteiger partial charge on any atom is 0.0379 e. The molecule has 0 spiro atoms. The maximum absolute atomic E-state index is 3.78. The number of fused-ring (bicyclic) bond motifs is 4. The topological polar surface area (TPSA) is 24.1 Å². The molecular formula is C18H18N2. The summed E-state index contributed by atoms with van der Waals surface area (Å²) in [6.07, 6.45) is 1.26. The molecule has 0 amide bonds. The molecule has 0 radical (unpaired) electrons. The lowest BCUT2D eigenvalue weighted by Crippen LogP contribution is -2.43. The van der Waals surface area contributed by atoms with Gasteiger partial charge in [0, 0.05) is 36.7 Å². The number of hydrogen-bond acceptors (Lipinski definition) is 2. The first-order valence-electron chi connectivity index (χ1n) is 7.59. The van der Waals surface area contributed by atoms with E-state index >= 15 is 0 Å². The molecule has 2 nitrogen and oxygen atoms in total. The van der Waals surface area contributed by atoms with E-state index in [2.05, 4.69) is 53.1 Å². The minimum atomic E-state index is 0.533. The van der Waals surface area contributed by atoms with Gasteiger partial charge in [0.15, 0.2) is 0 Å². The Morgan fingerprint density at radius 2 is 1.85 bits per heavy atom. The first-order valence-corrected chi connectivity index (χ1v) is 7.59. The number of rotatable bonds is 0. The Kier molecular flexibility index (Phi) is 2.11. The largest absolute Gasteiger partial charge is 0.384 e. The van der Waals surface area contributed by atoms with Gasteiger partial charge in [0.25, 0.3) is 0 Å². The molecule has 0 bridgehead atoms. The summed E-state index contributed by atoms with van der Waals surface area (Å²) in [5.74, 6) is 1.23. The molecule has 2 aromatic rings. The van der Waals surface area contributed by atoms with E-state index in [1.165, 1.54) is 23.2 Å². The molecule has 1 aliphatic carbocycles. The van der Waals surface area contributed by atoms with Gasteiger partial charge in [-0.3, -0.25) is 0 Å². The minimum absolute atomic E-state index is 0.533. The van der Waals surface area contributed by atoms with Crippen molar-refractivity contribution in [1.82, 2.24) is 5.32 Å². The highest BCUT2D eigenvalue weighted by atomic mass is 15.0. The smallest absolute Gasteiger partial charge is 0.0379 e. The fourth-order valence-electron chi connectivity index (χ4n) is 4.48. The highest BCUT2D eigenvalue weighted by Crippen LogP contribution is 2.49. The summed E-state index contributed by atoms with van der Waals surface area (Å²) >= 11 is 0. The zero-order valence-corrected chi connectivity index (χ0v) is 11.4. The molecule has 0 aromatic heterocycles. The second-order valence-electron chi connectivity index (χ2n) is 6.29. The van der Waals surface area contributed by atoms with Crippen molar-refractivity contribution in [3.8, 4) is 0 Å². The zero-order valence-electron chi connectivity index (χ0n) is 11.4. The van der Waals surface area contributed by atoms with Gasteiger partial charge in [-0.15, -0.1) is 0 Å². The Morgan fingerprint density at radius 1 is 0.950 bits per heavy atom. The third kappa shape index (κ3) is 1.32. The van der Waals surface area contributed by atoms with Gasteiger partial charge >= 0.3 is 0 Å². The molecule has 2 aromatic carbocycles. The number of benzene rings is 2. The predicted molar refractivity (Wildman–Crippen MR) is 81.2 cm³/mol. The molecule has 0 saturated heterocycles. The third-order valence-corrected chi connectivity index (χ3v) is 5.31. The van der Waals surface area contributed by atoms with Crippen molar-refractivity contribution >= 4 is 5.69 Å². The van der Waals surface area contributed by atoms with E-state index in [9.17, 15) is 0 Å². The summed E-state index contributed by atoms with van der Waals surface area (Å²) in [7, 11) is 0. The molecule has 0 fully saturated rings. The maximum atomic E-state index is 3.78. The predicted octanol–water partition coefficient (Wildman–Crippen LogP) is 3.20. The Labute approximate surface area is 119 Å². The van der Waals surface area contributed by atoms with Crippen molar-refractivity contribution in [3.05, 3.63) is 64.7 Å². The van der Waals surface area contributed by atoms with E-state index in [-0.39, 0.29) is 0 Å². The van der Waals surface area contributed by atoms with E-state index in [0.29, 0.717) is 17.9 Å². The molecule has 5 rings (SSSR count). The van der Waals surface area contributed by atoms with Crippen LogP contribution in [0, 0.1) is 0 Å². The molecule has 0 saturated carbocycles. The van der Waals surface area contributed by atoms with Crippen LogP contribution < -0.4 is 10.6 Å². The van der Waals surface area contributed by atoms with Gasteiger partial charge < -0.3 is 10.6 Å². The van der Waals surface area contributed by atoms with Gasteiger partial charge in [0.1, 0.15) is 0 Å².